The Balaban J connectivity index is 0.00000264. The highest BCUT2D eigenvalue weighted by molar-refractivity contribution is 5.85. The molecule has 1 heterocycles. The Morgan fingerprint density at radius 1 is 1.22 bits per heavy atom. The molecule has 5 heteroatoms. The van der Waals surface area contributed by atoms with Gasteiger partial charge in [-0.05, 0) is 49.9 Å². The molecule has 2 aliphatic rings. The molecule has 4 nitrogen and oxygen atoms in total. The Morgan fingerprint density at radius 3 is 2.26 bits per heavy atom. The summed E-state index contributed by atoms with van der Waals surface area (Å²) in [5.41, 5.74) is 5.96. The number of halogens is 1. The number of hydrogen-bond donors (Lipinski definition) is 2. The second kappa shape index (κ2) is 8.68. The molecule has 2 rings (SSSR count). The normalized spacial score (nSPS) is 27.8. The average molecular weight is 347 g/mol. The van der Waals surface area contributed by atoms with Crippen molar-refractivity contribution in [1.82, 2.24) is 5.32 Å². The van der Waals surface area contributed by atoms with Crippen LogP contribution in [-0.2, 0) is 9.53 Å². The van der Waals surface area contributed by atoms with Gasteiger partial charge in [-0.1, -0.05) is 27.2 Å². The largest absolute Gasteiger partial charge is 0.381 e. The molecule has 0 spiro atoms. The average Bonchev–Trinajstić information content (AvgIpc) is 2.56. The van der Waals surface area contributed by atoms with Crippen LogP contribution in [0.15, 0.2) is 0 Å². The van der Waals surface area contributed by atoms with E-state index in [4.69, 9.17) is 10.5 Å². The van der Waals surface area contributed by atoms with Gasteiger partial charge >= 0.3 is 0 Å². The van der Waals surface area contributed by atoms with Crippen LogP contribution in [0.4, 0.5) is 0 Å². The SMILES string of the molecule is CCC(C)(C)C1CCC(NC(=O)C2(CN)CCOCC2)CC1.Cl. The first-order chi connectivity index (χ1) is 10.4. The summed E-state index contributed by atoms with van der Waals surface area (Å²) < 4.78 is 5.40. The molecule has 3 N–H and O–H groups in total. The second-order valence-corrected chi connectivity index (χ2v) is 7.96. The maximum absolute atomic E-state index is 12.7. The summed E-state index contributed by atoms with van der Waals surface area (Å²) in [4.78, 5) is 12.7. The molecule has 0 aromatic heterocycles. The lowest BCUT2D eigenvalue weighted by molar-refractivity contribution is -0.137. The van der Waals surface area contributed by atoms with E-state index in [0.29, 0.717) is 31.2 Å². The molecule has 0 unspecified atom stereocenters. The number of carbonyl (C=O) groups is 1. The summed E-state index contributed by atoms with van der Waals surface area (Å²) in [5, 5.41) is 3.30. The Hall–Kier alpha value is -0.320. The lowest BCUT2D eigenvalue weighted by atomic mass is 9.68. The van der Waals surface area contributed by atoms with E-state index in [0.717, 1.165) is 31.6 Å². The van der Waals surface area contributed by atoms with E-state index < -0.39 is 5.41 Å². The molecule has 1 saturated heterocycles. The van der Waals surface area contributed by atoms with Gasteiger partial charge < -0.3 is 15.8 Å². The number of rotatable bonds is 5. The molecule has 1 aliphatic heterocycles. The highest BCUT2D eigenvalue weighted by Gasteiger charge is 2.40. The van der Waals surface area contributed by atoms with Gasteiger partial charge in [0.2, 0.25) is 5.91 Å². The van der Waals surface area contributed by atoms with Crippen molar-refractivity contribution >= 4 is 18.3 Å². The van der Waals surface area contributed by atoms with Gasteiger partial charge in [-0.15, -0.1) is 12.4 Å². The molecule has 23 heavy (non-hydrogen) atoms. The Morgan fingerprint density at radius 2 is 1.78 bits per heavy atom. The van der Waals surface area contributed by atoms with Gasteiger partial charge in [0.05, 0.1) is 5.41 Å². The van der Waals surface area contributed by atoms with E-state index in [-0.39, 0.29) is 18.3 Å². The summed E-state index contributed by atoms with van der Waals surface area (Å²) in [7, 11) is 0. The fourth-order valence-corrected chi connectivity index (χ4v) is 3.93. The van der Waals surface area contributed by atoms with Crippen LogP contribution in [0.5, 0.6) is 0 Å². The van der Waals surface area contributed by atoms with E-state index in [1.165, 1.54) is 19.3 Å². The monoisotopic (exact) mass is 346 g/mol. The molecular weight excluding hydrogens is 312 g/mol. The third-order valence-electron chi connectivity index (χ3n) is 6.40. The second-order valence-electron chi connectivity index (χ2n) is 7.96. The molecule has 1 aliphatic carbocycles. The molecule has 0 atom stereocenters. The van der Waals surface area contributed by atoms with Gasteiger partial charge in [-0.3, -0.25) is 4.79 Å². The topological polar surface area (TPSA) is 64.4 Å². The molecule has 0 aromatic carbocycles. The maximum Gasteiger partial charge on any atom is 0.227 e. The van der Waals surface area contributed by atoms with Crippen LogP contribution in [0.1, 0.15) is 65.7 Å². The van der Waals surface area contributed by atoms with E-state index in [9.17, 15) is 4.79 Å². The number of hydrogen-bond acceptors (Lipinski definition) is 3. The molecule has 0 bridgehead atoms. The highest BCUT2D eigenvalue weighted by Crippen LogP contribution is 2.40. The van der Waals surface area contributed by atoms with Gasteiger partial charge in [0.25, 0.3) is 0 Å². The highest BCUT2D eigenvalue weighted by atomic mass is 35.5. The predicted octanol–water partition coefficient (Wildman–Crippen LogP) is 3.27. The fourth-order valence-electron chi connectivity index (χ4n) is 3.93. The Labute approximate surface area is 147 Å². The lowest BCUT2D eigenvalue weighted by Gasteiger charge is -2.41. The number of nitrogens with two attached hydrogens (primary N) is 1. The maximum atomic E-state index is 12.7. The van der Waals surface area contributed by atoms with Crippen molar-refractivity contribution in [2.75, 3.05) is 19.8 Å². The van der Waals surface area contributed by atoms with Crippen LogP contribution in [0, 0.1) is 16.7 Å². The van der Waals surface area contributed by atoms with E-state index in [1.54, 1.807) is 0 Å². The third-order valence-corrected chi connectivity index (χ3v) is 6.40. The smallest absolute Gasteiger partial charge is 0.227 e. The van der Waals surface area contributed by atoms with E-state index in [2.05, 4.69) is 26.1 Å². The van der Waals surface area contributed by atoms with E-state index in [1.807, 2.05) is 0 Å². The molecule has 1 saturated carbocycles. The molecule has 2 fully saturated rings. The lowest BCUT2D eigenvalue weighted by Crippen LogP contribution is -2.52. The van der Waals surface area contributed by atoms with Crippen molar-refractivity contribution < 1.29 is 9.53 Å². The van der Waals surface area contributed by atoms with Crippen LogP contribution in [0.25, 0.3) is 0 Å². The van der Waals surface area contributed by atoms with Crippen LogP contribution in [0.3, 0.4) is 0 Å². The van der Waals surface area contributed by atoms with Crippen molar-refractivity contribution in [2.24, 2.45) is 22.5 Å². The minimum absolute atomic E-state index is 0. The number of nitrogens with one attached hydrogen (secondary N) is 1. The van der Waals surface area contributed by atoms with Crippen LogP contribution < -0.4 is 11.1 Å². The number of amides is 1. The van der Waals surface area contributed by atoms with Gasteiger partial charge in [0, 0.05) is 25.8 Å². The quantitative estimate of drug-likeness (QED) is 0.803. The zero-order valence-electron chi connectivity index (χ0n) is 15.0. The van der Waals surface area contributed by atoms with Gasteiger partial charge in [0.15, 0.2) is 0 Å². The molecule has 0 radical (unpaired) electrons. The van der Waals surface area contributed by atoms with Gasteiger partial charge in [-0.2, -0.15) is 0 Å². The van der Waals surface area contributed by atoms with Crippen molar-refractivity contribution in [1.29, 1.82) is 0 Å². The summed E-state index contributed by atoms with van der Waals surface area (Å²) in [6, 6.07) is 0.336. The van der Waals surface area contributed by atoms with Gasteiger partial charge in [0.1, 0.15) is 0 Å². The predicted molar refractivity (Wildman–Crippen MR) is 96.7 cm³/mol. The van der Waals surface area contributed by atoms with Crippen molar-refractivity contribution in [3.8, 4) is 0 Å². The van der Waals surface area contributed by atoms with Gasteiger partial charge in [-0.25, -0.2) is 0 Å². The summed E-state index contributed by atoms with van der Waals surface area (Å²) in [6.07, 6.45) is 7.41. The molecule has 1 amide bonds. The summed E-state index contributed by atoms with van der Waals surface area (Å²) in [6.45, 7) is 8.78. The molecular formula is C18H35ClN2O2. The van der Waals surface area contributed by atoms with Crippen LogP contribution >= 0.6 is 12.4 Å². The minimum atomic E-state index is -0.391. The summed E-state index contributed by atoms with van der Waals surface area (Å²) in [5.74, 6) is 0.953. The Bertz CT molecular complexity index is 373. The zero-order chi connectivity index (χ0) is 16.2. The fraction of sp³-hybridized carbons (Fsp3) is 0.944. The molecule has 0 aromatic rings. The standard InChI is InChI=1S/C18H34N2O2.ClH/c1-4-17(2,3)14-5-7-15(8-6-14)20-16(21)18(13-19)9-11-22-12-10-18;/h14-15H,4-13,19H2,1-3H3,(H,20,21);1H. The zero-order valence-corrected chi connectivity index (χ0v) is 15.8. The Kier molecular flexibility index (Phi) is 7.82. The first-order valence-electron chi connectivity index (χ1n) is 9.02. The molecule has 136 valence electrons. The van der Waals surface area contributed by atoms with Crippen molar-refractivity contribution in [3.63, 3.8) is 0 Å². The van der Waals surface area contributed by atoms with Crippen molar-refractivity contribution in [2.45, 2.75) is 71.8 Å². The number of ether oxygens (including phenoxy) is 1. The van der Waals surface area contributed by atoms with Crippen LogP contribution in [0.2, 0.25) is 0 Å². The minimum Gasteiger partial charge on any atom is -0.381 e. The van der Waals surface area contributed by atoms with E-state index >= 15 is 0 Å². The first-order valence-corrected chi connectivity index (χ1v) is 9.02. The van der Waals surface area contributed by atoms with Crippen LogP contribution in [-0.4, -0.2) is 31.7 Å². The summed E-state index contributed by atoms with van der Waals surface area (Å²) >= 11 is 0. The third kappa shape index (κ3) is 4.83. The number of carbonyl (C=O) groups excluding carboxylic acids is 1. The first kappa shape index (κ1) is 20.7. The van der Waals surface area contributed by atoms with Crippen molar-refractivity contribution in [3.05, 3.63) is 0 Å².